The Kier molecular flexibility index (Phi) is 12.5. The van der Waals surface area contributed by atoms with Crippen molar-refractivity contribution >= 4 is 10.8 Å². The van der Waals surface area contributed by atoms with Crippen LogP contribution in [0.5, 0.6) is 0 Å². The van der Waals surface area contributed by atoms with Crippen LogP contribution in [-0.2, 0) is 0 Å². The predicted molar refractivity (Wildman–Crippen MR) is 99.9 cm³/mol. The number of benzene rings is 2. The lowest BCUT2D eigenvalue weighted by atomic mass is 10.1. The molecule has 0 saturated carbocycles. The van der Waals surface area contributed by atoms with E-state index >= 15 is 0 Å². The van der Waals surface area contributed by atoms with E-state index in [0.717, 1.165) is 0 Å². The molecule has 0 unspecified atom stereocenters. The third-order valence-corrected chi connectivity index (χ3v) is 4.07. The smallest absolute Gasteiger partial charge is 0.0740 e. The molecule has 2 aromatic carbocycles. The van der Waals surface area contributed by atoms with Crippen molar-refractivity contribution in [2.24, 2.45) is 0 Å². The highest BCUT2D eigenvalue weighted by atomic mass is 15.1. The van der Waals surface area contributed by atoms with Gasteiger partial charge in [-0.25, -0.2) is 0 Å². The summed E-state index contributed by atoms with van der Waals surface area (Å²) >= 11 is 0. The van der Waals surface area contributed by atoms with E-state index in [9.17, 15) is 0 Å². The van der Waals surface area contributed by atoms with Crippen molar-refractivity contribution in [3.63, 3.8) is 0 Å². The fourth-order valence-electron chi connectivity index (χ4n) is 1.63. The summed E-state index contributed by atoms with van der Waals surface area (Å²) in [6.07, 6.45) is 0. The number of rotatable bonds is 4. The molecule has 0 aliphatic heterocycles. The summed E-state index contributed by atoms with van der Waals surface area (Å²) in [5.41, 5.74) is 0. The first-order chi connectivity index (χ1) is 10.6. The fraction of sp³-hybridized carbons (Fsp3) is 0.500. The summed E-state index contributed by atoms with van der Waals surface area (Å²) in [5.74, 6) is 0. The maximum atomic E-state index is 2.19. The number of quaternary nitrogens is 2. The summed E-state index contributed by atoms with van der Waals surface area (Å²) in [7, 11) is 4.39. The molecule has 0 amide bonds. The Labute approximate surface area is 137 Å². The Morgan fingerprint density at radius 1 is 0.545 bits per heavy atom. The van der Waals surface area contributed by atoms with Gasteiger partial charge in [-0.1, -0.05) is 48.5 Å². The van der Waals surface area contributed by atoms with Gasteiger partial charge in [0, 0.05) is 0 Å². The lowest BCUT2D eigenvalue weighted by molar-refractivity contribution is -0.875. The molecular formula is C20H36N2+2. The van der Waals surface area contributed by atoms with Gasteiger partial charge in [-0.15, -0.1) is 0 Å². The maximum absolute atomic E-state index is 2.19. The van der Waals surface area contributed by atoms with Crippen molar-refractivity contribution in [2.75, 3.05) is 40.3 Å². The highest BCUT2D eigenvalue weighted by molar-refractivity contribution is 5.81. The van der Waals surface area contributed by atoms with Crippen molar-refractivity contribution < 1.29 is 9.80 Å². The van der Waals surface area contributed by atoms with Crippen LogP contribution < -0.4 is 9.80 Å². The Balaban J connectivity index is 0.000000324. The third kappa shape index (κ3) is 9.54. The van der Waals surface area contributed by atoms with E-state index in [-0.39, 0.29) is 0 Å². The molecule has 0 aromatic heterocycles. The summed E-state index contributed by atoms with van der Waals surface area (Å²) in [6.45, 7) is 13.8. The first kappa shape index (κ1) is 20.6. The zero-order chi connectivity index (χ0) is 16.8. The molecule has 0 bridgehead atoms. The van der Waals surface area contributed by atoms with Crippen LogP contribution in [0.1, 0.15) is 27.7 Å². The fourth-order valence-corrected chi connectivity index (χ4v) is 1.63. The molecule has 0 atom stereocenters. The van der Waals surface area contributed by atoms with Gasteiger partial charge in [-0.3, -0.25) is 0 Å². The molecule has 0 saturated heterocycles. The molecule has 0 aliphatic rings. The Morgan fingerprint density at radius 2 is 0.773 bits per heavy atom. The molecule has 0 fully saturated rings. The largest absolute Gasteiger partial charge is 0.338 e. The molecule has 2 nitrogen and oxygen atoms in total. The maximum Gasteiger partial charge on any atom is 0.0740 e. The van der Waals surface area contributed by atoms with Crippen LogP contribution in [0.4, 0.5) is 0 Å². The monoisotopic (exact) mass is 304 g/mol. The molecule has 0 heterocycles. The lowest BCUT2D eigenvalue weighted by Gasteiger charge is -2.04. The van der Waals surface area contributed by atoms with Gasteiger partial charge >= 0.3 is 0 Å². The minimum Gasteiger partial charge on any atom is -0.338 e. The van der Waals surface area contributed by atoms with Crippen molar-refractivity contribution in [3.8, 4) is 0 Å². The number of hydrogen-bond acceptors (Lipinski definition) is 0. The second-order valence-corrected chi connectivity index (χ2v) is 5.68. The molecule has 2 N–H and O–H groups in total. The van der Waals surface area contributed by atoms with Gasteiger partial charge in [0.05, 0.1) is 40.3 Å². The minimum absolute atomic E-state index is 1.25. The van der Waals surface area contributed by atoms with Crippen LogP contribution in [0.2, 0.25) is 0 Å². The van der Waals surface area contributed by atoms with E-state index in [0.29, 0.717) is 0 Å². The van der Waals surface area contributed by atoms with Gasteiger partial charge in [-0.05, 0) is 38.5 Å². The molecular weight excluding hydrogens is 268 g/mol. The minimum atomic E-state index is 1.25. The van der Waals surface area contributed by atoms with Crippen LogP contribution in [0.25, 0.3) is 10.8 Å². The molecule has 2 heteroatoms. The molecule has 0 aliphatic carbocycles. The van der Waals surface area contributed by atoms with E-state index in [4.69, 9.17) is 0 Å². The van der Waals surface area contributed by atoms with Crippen LogP contribution >= 0.6 is 0 Å². The normalized spacial score (nSPS) is 10.0. The van der Waals surface area contributed by atoms with Gasteiger partial charge in [0.15, 0.2) is 0 Å². The number of fused-ring (bicyclic) bond motifs is 1. The summed E-state index contributed by atoms with van der Waals surface area (Å²) in [4.78, 5) is 3.19. The van der Waals surface area contributed by atoms with Crippen LogP contribution in [0.3, 0.4) is 0 Å². The van der Waals surface area contributed by atoms with Crippen LogP contribution in [-0.4, -0.2) is 40.3 Å². The standard InChI is InChI=1S/C10H8.2C5H13N/c1-2-6-10-8-4-3-7-9(10)5-1;2*1-4-6(3)5-2/h1-8H;2*4-5H2,1-3H3/p+2. The third-order valence-electron chi connectivity index (χ3n) is 4.07. The Hall–Kier alpha value is -1.38. The molecule has 2 rings (SSSR count). The molecule has 0 radical (unpaired) electrons. The van der Waals surface area contributed by atoms with Crippen LogP contribution in [0.15, 0.2) is 48.5 Å². The van der Waals surface area contributed by atoms with E-state index in [2.05, 4.69) is 90.3 Å². The van der Waals surface area contributed by atoms with Crippen molar-refractivity contribution in [2.45, 2.75) is 27.7 Å². The van der Waals surface area contributed by atoms with Gasteiger partial charge in [-0.2, -0.15) is 0 Å². The second kappa shape index (κ2) is 13.3. The van der Waals surface area contributed by atoms with Gasteiger partial charge in [0.2, 0.25) is 0 Å². The van der Waals surface area contributed by atoms with Crippen molar-refractivity contribution in [1.82, 2.24) is 0 Å². The molecule has 0 spiro atoms. The topological polar surface area (TPSA) is 8.88 Å². The SMILES string of the molecule is CC[NH+](C)CC.CC[NH+](C)CC.c1ccc2ccccc2c1. The zero-order valence-electron chi connectivity index (χ0n) is 15.4. The van der Waals surface area contributed by atoms with E-state index in [1.54, 1.807) is 9.80 Å². The summed E-state index contributed by atoms with van der Waals surface area (Å²) < 4.78 is 0. The second-order valence-electron chi connectivity index (χ2n) is 5.68. The van der Waals surface area contributed by atoms with E-state index in [1.165, 1.54) is 37.0 Å². The van der Waals surface area contributed by atoms with Crippen molar-refractivity contribution in [1.29, 1.82) is 0 Å². The quantitative estimate of drug-likeness (QED) is 0.854. The van der Waals surface area contributed by atoms with Gasteiger partial charge < -0.3 is 9.80 Å². The molecule has 22 heavy (non-hydrogen) atoms. The average molecular weight is 305 g/mol. The number of hydrogen-bond donors (Lipinski definition) is 2. The first-order valence-corrected chi connectivity index (χ1v) is 8.65. The van der Waals surface area contributed by atoms with E-state index in [1.807, 2.05) is 0 Å². The Morgan fingerprint density at radius 3 is 0.909 bits per heavy atom. The van der Waals surface area contributed by atoms with Gasteiger partial charge in [0.1, 0.15) is 0 Å². The van der Waals surface area contributed by atoms with Gasteiger partial charge in [0.25, 0.3) is 0 Å². The average Bonchev–Trinajstić information content (AvgIpc) is 2.61. The highest BCUT2D eigenvalue weighted by Gasteiger charge is 1.86. The van der Waals surface area contributed by atoms with Crippen molar-refractivity contribution in [3.05, 3.63) is 48.5 Å². The summed E-state index contributed by atoms with van der Waals surface area (Å²) in [6, 6.07) is 16.7. The Bertz CT molecular complexity index is 398. The zero-order valence-corrected chi connectivity index (χ0v) is 15.4. The van der Waals surface area contributed by atoms with E-state index < -0.39 is 0 Å². The first-order valence-electron chi connectivity index (χ1n) is 8.65. The lowest BCUT2D eigenvalue weighted by Crippen LogP contribution is -3.08. The molecule has 2 aromatic rings. The van der Waals surface area contributed by atoms with Crippen LogP contribution in [0, 0.1) is 0 Å². The summed E-state index contributed by atoms with van der Waals surface area (Å²) in [5, 5.41) is 2.62. The molecule has 124 valence electrons. The highest BCUT2D eigenvalue weighted by Crippen LogP contribution is 2.11. The predicted octanol–water partition coefficient (Wildman–Crippen LogP) is 1.92. The number of nitrogens with one attached hydrogen (secondary N) is 2.